The van der Waals surface area contributed by atoms with Crippen LogP contribution in [0.3, 0.4) is 0 Å². The van der Waals surface area contributed by atoms with Gasteiger partial charge in [0, 0.05) is 39.0 Å². The Bertz CT molecular complexity index is 572. The van der Waals surface area contributed by atoms with Gasteiger partial charge in [0.2, 0.25) is 5.91 Å². The lowest BCUT2D eigenvalue weighted by atomic mass is 10.1. The minimum Gasteiger partial charge on any atom is -0.383 e. The van der Waals surface area contributed by atoms with Crippen LogP contribution in [0, 0.1) is 0 Å². The average Bonchev–Trinajstić information content (AvgIpc) is 2.60. The Hall–Kier alpha value is -2.20. The molecule has 0 fully saturated rings. The van der Waals surface area contributed by atoms with Gasteiger partial charge in [0.05, 0.1) is 6.61 Å². The van der Waals surface area contributed by atoms with Crippen molar-refractivity contribution in [2.45, 2.75) is 25.8 Å². The van der Waals surface area contributed by atoms with E-state index in [1.807, 2.05) is 35.2 Å². The van der Waals surface area contributed by atoms with Crippen LogP contribution in [0.15, 0.2) is 54.9 Å². The van der Waals surface area contributed by atoms with Gasteiger partial charge in [-0.1, -0.05) is 30.3 Å². The van der Waals surface area contributed by atoms with E-state index in [2.05, 4.69) is 17.1 Å². The van der Waals surface area contributed by atoms with E-state index >= 15 is 0 Å². The van der Waals surface area contributed by atoms with Crippen molar-refractivity contribution in [3.8, 4) is 0 Å². The number of hydrogen-bond acceptors (Lipinski definition) is 3. The molecule has 4 heteroatoms. The lowest BCUT2D eigenvalue weighted by molar-refractivity contribution is -0.132. The zero-order valence-electron chi connectivity index (χ0n) is 13.6. The number of nitrogens with zero attached hydrogens (tertiary/aromatic N) is 2. The van der Waals surface area contributed by atoms with Crippen molar-refractivity contribution in [1.29, 1.82) is 0 Å². The van der Waals surface area contributed by atoms with Crippen LogP contribution in [-0.2, 0) is 22.5 Å². The van der Waals surface area contributed by atoms with E-state index in [1.165, 1.54) is 5.56 Å². The molecule has 0 bridgehead atoms. The number of carbonyl (C=O) groups is 1. The van der Waals surface area contributed by atoms with Crippen LogP contribution in [0.5, 0.6) is 0 Å². The zero-order chi connectivity index (χ0) is 16.3. The van der Waals surface area contributed by atoms with Gasteiger partial charge in [-0.15, -0.1) is 0 Å². The summed E-state index contributed by atoms with van der Waals surface area (Å²) in [6, 6.07) is 14.2. The number of aromatic nitrogens is 1. The number of hydrogen-bond donors (Lipinski definition) is 0. The first kappa shape index (κ1) is 17.2. The number of benzene rings is 1. The number of carbonyl (C=O) groups excluding carboxylic acids is 1. The van der Waals surface area contributed by atoms with Crippen molar-refractivity contribution < 1.29 is 9.53 Å². The van der Waals surface area contributed by atoms with Gasteiger partial charge in [-0.05, 0) is 36.1 Å². The molecule has 0 aliphatic heterocycles. The van der Waals surface area contributed by atoms with Crippen LogP contribution in [-0.4, -0.2) is 36.1 Å². The van der Waals surface area contributed by atoms with Crippen LogP contribution in [0.2, 0.25) is 0 Å². The maximum atomic E-state index is 12.5. The van der Waals surface area contributed by atoms with E-state index in [4.69, 9.17) is 4.74 Å². The van der Waals surface area contributed by atoms with Crippen molar-refractivity contribution in [3.63, 3.8) is 0 Å². The minimum absolute atomic E-state index is 0.176. The molecule has 0 N–H and O–H groups in total. The molecule has 1 aromatic heterocycles. The standard InChI is InChI=1S/C19H24N2O2/c1-23-15-14-21(16-18-10-12-20-13-11-18)19(22)9-5-8-17-6-3-2-4-7-17/h2-4,6-7,10-13H,5,8-9,14-16H2,1H3. The van der Waals surface area contributed by atoms with E-state index in [0.29, 0.717) is 26.1 Å². The van der Waals surface area contributed by atoms with Crippen molar-refractivity contribution in [1.82, 2.24) is 9.88 Å². The fourth-order valence-electron chi connectivity index (χ4n) is 2.45. The molecule has 122 valence electrons. The first-order valence-corrected chi connectivity index (χ1v) is 7.99. The molecular formula is C19H24N2O2. The van der Waals surface area contributed by atoms with E-state index in [9.17, 15) is 4.79 Å². The summed E-state index contributed by atoms with van der Waals surface area (Å²) in [5.41, 5.74) is 2.37. The molecule has 0 saturated heterocycles. The molecule has 1 amide bonds. The highest BCUT2D eigenvalue weighted by Crippen LogP contribution is 2.09. The van der Waals surface area contributed by atoms with Crippen LogP contribution < -0.4 is 0 Å². The molecule has 0 radical (unpaired) electrons. The van der Waals surface area contributed by atoms with Gasteiger partial charge >= 0.3 is 0 Å². The van der Waals surface area contributed by atoms with Crippen molar-refractivity contribution in [2.24, 2.45) is 0 Å². The highest BCUT2D eigenvalue weighted by atomic mass is 16.5. The molecule has 1 heterocycles. The summed E-state index contributed by atoms with van der Waals surface area (Å²) in [7, 11) is 1.66. The topological polar surface area (TPSA) is 42.4 Å². The number of methoxy groups -OCH3 is 1. The van der Waals surface area contributed by atoms with Crippen LogP contribution in [0.25, 0.3) is 0 Å². The third-order valence-electron chi connectivity index (χ3n) is 3.74. The predicted octanol–water partition coefficient (Wildman–Crippen LogP) is 3.08. The third-order valence-corrected chi connectivity index (χ3v) is 3.74. The van der Waals surface area contributed by atoms with Gasteiger partial charge in [0.15, 0.2) is 0 Å². The van der Waals surface area contributed by atoms with Crippen molar-refractivity contribution in [3.05, 3.63) is 66.0 Å². The van der Waals surface area contributed by atoms with E-state index in [0.717, 1.165) is 18.4 Å². The highest BCUT2D eigenvalue weighted by molar-refractivity contribution is 5.76. The number of aryl methyl sites for hydroxylation is 1. The summed E-state index contributed by atoms with van der Waals surface area (Å²) in [6.07, 6.45) is 5.86. The smallest absolute Gasteiger partial charge is 0.222 e. The van der Waals surface area contributed by atoms with Crippen molar-refractivity contribution >= 4 is 5.91 Å². The number of ether oxygens (including phenoxy) is 1. The molecule has 2 rings (SSSR count). The Morgan fingerprint density at radius 1 is 1.09 bits per heavy atom. The SMILES string of the molecule is COCCN(Cc1ccncc1)C(=O)CCCc1ccccc1. The normalized spacial score (nSPS) is 10.5. The monoisotopic (exact) mass is 312 g/mol. The summed E-state index contributed by atoms with van der Waals surface area (Å²) in [5.74, 6) is 0.176. The number of pyridine rings is 1. The molecule has 0 aliphatic carbocycles. The molecule has 2 aromatic rings. The van der Waals surface area contributed by atoms with Gasteiger partial charge in [0.25, 0.3) is 0 Å². The second kappa shape index (κ2) is 9.74. The summed E-state index contributed by atoms with van der Waals surface area (Å²) in [5, 5.41) is 0. The Morgan fingerprint density at radius 2 is 1.83 bits per heavy atom. The van der Waals surface area contributed by atoms with E-state index < -0.39 is 0 Å². The first-order chi connectivity index (χ1) is 11.3. The van der Waals surface area contributed by atoms with Gasteiger partial charge in [-0.2, -0.15) is 0 Å². The lowest BCUT2D eigenvalue weighted by Crippen LogP contribution is -2.33. The maximum Gasteiger partial charge on any atom is 0.222 e. The second-order valence-corrected chi connectivity index (χ2v) is 5.50. The quantitative estimate of drug-likeness (QED) is 0.714. The second-order valence-electron chi connectivity index (χ2n) is 5.50. The fraction of sp³-hybridized carbons (Fsp3) is 0.368. The molecule has 0 unspecified atom stereocenters. The Morgan fingerprint density at radius 3 is 2.52 bits per heavy atom. The number of amides is 1. The van der Waals surface area contributed by atoms with Crippen LogP contribution in [0.1, 0.15) is 24.0 Å². The Balaban J connectivity index is 1.85. The third kappa shape index (κ3) is 6.20. The molecule has 23 heavy (non-hydrogen) atoms. The summed E-state index contributed by atoms with van der Waals surface area (Å²) in [4.78, 5) is 18.4. The zero-order valence-corrected chi connectivity index (χ0v) is 13.6. The van der Waals surface area contributed by atoms with Gasteiger partial charge in [0.1, 0.15) is 0 Å². The van der Waals surface area contributed by atoms with Gasteiger partial charge < -0.3 is 9.64 Å². The van der Waals surface area contributed by atoms with Crippen LogP contribution >= 0.6 is 0 Å². The van der Waals surface area contributed by atoms with Crippen LogP contribution in [0.4, 0.5) is 0 Å². The largest absolute Gasteiger partial charge is 0.383 e. The minimum atomic E-state index is 0.176. The molecule has 0 spiro atoms. The maximum absolute atomic E-state index is 12.5. The van der Waals surface area contributed by atoms with Crippen molar-refractivity contribution in [2.75, 3.05) is 20.3 Å². The van der Waals surface area contributed by atoms with E-state index in [1.54, 1.807) is 19.5 Å². The predicted molar refractivity (Wildman–Crippen MR) is 90.9 cm³/mol. The molecular weight excluding hydrogens is 288 g/mol. The lowest BCUT2D eigenvalue weighted by Gasteiger charge is -2.22. The average molecular weight is 312 g/mol. The molecule has 0 atom stereocenters. The highest BCUT2D eigenvalue weighted by Gasteiger charge is 2.13. The summed E-state index contributed by atoms with van der Waals surface area (Å²) >= 11 is 0. The summed E-state index contributed by atoms with van der Waals surface area (Å²) < 4.78 is 5.13. The van der Waals surface area contributed by atoms with Gasteiger partial charge in [-0.3, -0.25) is 9.78 Å². The fourth-order valence-corrected chi connectivity index (χ4v) is 2.45. The molecule has 1 aromatic carbocycles. The molecule has 4 nitrogen and oxygen atoms in total. The molecule has 0 aliphatic rings. The first-order valence-electron chi connectivity index (χ1n) is 7.99. The summed E-state index contributed by atoms with van der Waals surface area (Å²) in [6.45, 7) is 1.77. The van der Waals surface area contributed by atoms with Gasteiger partial charge in [-0.25, -0.2) is 0 Å². The molecule has 0 saturated carbocycles. The number of rotatable bonds is 9. The Labute approximate surface area is 138 Å². The Kier molecular flexibility index (Phi) is 7.27. The van der Waals surface area contributed by atoms with E-state index in [-0.39, 0.29) is 5.91 Å².